The Balaban J connectivity index is 1.32. The molecule has 6 nitrogen and oxygen atoms in total. The van der Waals surface area contributed by atoms with Gasteiger partial charge in [0, 0.05) is 31.7 Å². The Bertz CT molecular complexity index is 1140. The molecule has 0 unspecified atom stereocenters. The predicted molar refractivity (Wildman–Crippen MR) is 114 cm³/mol. The monoisotopic (exact) mass is 404 g/mol. The van der Waals surface area contributed by atoms with Gasteiger partial charge in [0.2, 0.25) is 0 Å². The molecule has 1 fully saturated rings. The largest absolute Gasteiger partial charge is 0.443 e. The number of rotatable bonds is 3. The SMILES string of the molecule is Cc1ccccc1-c1ocnc1C(=O)N1CCN(c2nc3ccccc3s2)CC1. The Morgan fingerprint density at radius 3 is 2.59 bits per heavy atom. The molecule has 0 saturated carbocycles. The van der Waals surface area contributed by atoms with Crippen LogP contribution in [0.5, 0.6) is 0 Å². The standard InChI is InChI=1S/C22H20N4O2S/c1-15-6-2-3-7-16(15)20-19(23-14-28-20)21(27)25-10-12-26(13-11-25)22-24-17-8-4-5-9-18(17)29-22/h2-9,14H,10-13H2,1H3. The minimum Gasteiger partial charge on any atom is -0.443 e. The van der Waals surface area contributed by atoms with Crippen LogP contribution in [0.2, 0.25) is 0 Å². The molecule has 0 N–H and O–H groups in total. The number of oxazole rings is 1. The van der Waals surface area contributed by atoms with Gasteiger partial charge in [-0.25, -0.2) is 9.97 Å². The summed E-state index contributed by atoms with van der Waals surface area (Å²) >= 11 is 1.70. The molecule has 0 bridgehead atoms. The van der Waals surface area contributed by atoms with E-state index in [9.17, 15) is 4.79 Å². The third-order valence-corrected chi connectivity index (χ3v) is 6.38. The molecule has 7 heteroatoms. The summed E-state index contributed by atoms with van der Waals surface area (Å²) < 4.78 is 6.78. The number of aromatic nitrogens is 2. The number of piperazine rings is 1. The molecule has 0 spiro atoms. The van der Waals surface area contributed by atoms with E-state index in [0.717, 1.165) is 34.9 Å². The number of hydrogen-bond acceptors (Lipinski definition) is 6. The summed E-state index contributed by atoms with van der Waals surface area (Å²) in [6.07, 6.45) is 1.35. The Hall–Kier alpha value is -3.19. The molecule has 5 rings (SSSR count). The maximum Gasteiger partial charge on any atom is 0.276 e. The average Bonchev–Trinajstić information content (AvgIpc) is 3.41. The van der Waals surface area contributed by atoms with E-state index in [2.05, 4.69) is 16.0 Å². The fraction of sp³-hybridized carbons (Fsp3) is 0.227. The Morgan fingerprint density at radius 2 is 1.79 bits per heavy atom. The van der Waals surface area contributed by atoms with Gasteiger partial charge in [-0.2, -0.15) is 0 Å². The van der Waals surface area contributed by atoms with Crippen LogP contribution in [0.4, 0.5) is 5.13 Å². The van der Waals surface area contributed by atoms with Gasteiger partial charge in [0.1, 0.15) is 0 Å². The summed E-state index contributed by atoms with van der Waals surface area (Å²) in [5, 5.41) is 1.01. The number of para-hydroxylation sites is 1. The van der Waals surface area contributed by atoms with Gasteiger partial charge in [-0.1, -0.05) is 47.7 Å². The summed E-state index contributed by atoms with van der Waals surface area (Å²) in [7, 11) is 0. The van der Waals surface area contributed by atoms with E-state index in [0.29, 0.717) is 24.5 Å². The highest BCUT2D eigenvalue weighted by molar-refractivity contribution is 7.22. The second-order valence-electron chi connectivity index (χ2n) is 7.09. The fourth-order valence-corrected chi connectivity index (χ4v) is 4.68. The smallest absolute Gasteiger partial charge is 0.276 e. The number of carbonyl (C=O) groups excluding carboxylic acids is 1. The fourth-order valence-electron chi connectivity index (χ4n) is 3.66. The molecular formula is C22H20N4O2S. The van der Waals surface area contributed by atoms with E-state index in [-0.39, 0.29) is 5.91 Å². The zero-order chi connectivity index (χ0) is 19.8. The third-order valence-electron chi connectivity index (χ3n) is 5.28. The van der Waals surface area contributed by atoms with Crippen molar-refractivity contribution in [3.8, 4) is 11.3 Å². The van der Waals surface area contributed by atoms with Crippen LogP contribution in [0.3, 0.4) is 0 Å². The number of nitrogens with zero attached hydrogens (tertiary/aromatic N) is 4. The molecule has 1 aliphatic rings. The van der Waals surface area contributed by atoms with Gasteiger partial charge < -0.3 is 14.2 Å². The first-order chi connectivity index (χ1) is 14.2. The maximum atomic E-state index is 13.1. The molecule has 0 aliphatic carbocycles. The Morgan fingerprint density at radius 1 is 1.03 bits per heavy atom. The van der Waals surface area contributed by atoms with Crippen molar-refractivity contribution in [2.75, 3.05) is 31.1 Å². The summed E-state index contributed by atoms with van der Waals surface area (Å²) in [6, 6.07) is 16.0. The lowest BCUT2D eigenvalue weighted by atomic mass is 10.0. The topological polar surface area (TPSA) is 62.5 Å². The molecule has 1 saturated heterocycles. The first-order valence-electron chi connectivity index (χ1n) is 9.60. The number of anilines is 1. The second kappa shape index (κ2) is 7.33. The highest BCUT2D eigenvalue weighted by atomic mass is 32.1. The predicted octanol–water partition coefficient (Wildman–Crippen LogP) is 4.22. The minimum absolute atomic E-state index is 0.0825. The van der Waals surface area contributed by atoms with E-state index >= 15 is 0 Å². The number of hydrogen-bond donors (Lipinski definition) is 0. The summed E-state index contributed by atoms with van der Waals surface area (Å²) in [5.41, 5.74) is 3.37. The lowest BCUT2D eigenvalue weighted by Crippen LogP contribution is -2.49. The molecule has 1 aliphatic heterocycles. The van der Waals surface area contributed by atoms with Crippen LogP contribution in [0.15, 0.2) is 59.3 Å². The van der Waals surface area contributed by atoms with Crippen LogP contribution in [0, 0.1) is 6.92 Å². The van der Waals surface area contributed by atoms with Crippen LogP contribution in [0.1, 0.15) is 16.1 Å². The van der Waals surface area contributed by atoms with Crippen LogP contribution in [-0.2, 0) is 0 Å². The quantitative estimate of drug-likeness (QED) is 0.512. The van der Waals surface area contributed by atoms with Crippen molar-refractivity contribution in [3.63, 3.8) is 0 Å². The number of aryl methyl sites for hydroxylation is 1. The third kappa shape index (κ3) is 3.27. The van der Waals surface area contributed by atoms with Crippen molar-refractivity contribution in [1.82, 2.24) is 14.9 Å². The van der Waals surface area contributed by atoms with E-state index in [4.69, 9.17) is 9.40 Å². The van der Waals surface area contributed by atoms with Gasteiger partial charge in [-0.15, -0.1) is 0 Å². The number of amides is 1. The number of fused-ring (bicyclic) bond motifs is 1. The maximum absolute atomic E-state index is 13.1. The van der Waals surface area contributed by atoms with Gasteiger partial charge in [-0.05, 0) is 24.6 Å². The summed E-state index contributed by atoms with van der Waals surface area (Å²) in [6.45, 7) is 4.78. The van der Waals surface area contributed by atoms with Gasteiger partial charge >= 0.3 is 0 Å². The molecule has 0 atom stereocenters. The van der Waals surface area contributed by atoms with Crippen LogP contribution < -0.4 is 4.90 Å². The number of thiazole rings is 1. The van der Waals surface area contributed by atoms with Gasteiger partial charge in [-0.3, -0.25) is 4.79 Å². The molecule has 1 amide bonds. The van der Waals surface area contributed by atoms with Crippen LogP contribution in [-0.4, -0.2) is 47.0 Å². The molecule has 3 heterocycles. The molecule has 0 radical (unpaired) electrons. The lowest BCUT2D eigenvalue weighted by molar-refractivity contribution is 0.0742. The zero-order valence-corrected chi connectivity index (χ0v) is 16.9. The molecule has 2 aromatic carbocycles. The van der Waals surface area contributed by atoms with Crippen molar-refractivity contribution >= 4 is 32.6 Å². The molecule has 29 heavy (non-hydrogen) atoms. The van der Waals surface area contributed by atoms with Gasteiger partial charge in [0.05, 0.1) is 10.2 Å². The Labute approximate surface area is 172 Å². The van der Waals surface area contributed by atoms with E-state index < -0.39 is 0 Å². The number of benzene rings is 2. The van der Waals surface area contributed by atoms with E-state index in [1.54, 1.807) is 11.3 Å². The van der Waals surface area contributed by atoms with Gasteiger partial charge in [0.25, 0.3) is 5.91 Å². The Kier molecular flexibility index (Phi) is 4.52. The van der Waals surface area contributed by atoms with Gasteiger partial charge in [0.15, 0.2) is 23.0 Å². The van der Waals surface area contributed by atoms with E-state index in [1.807, 2.05) is 54.3 Å². The number of carbonyl (C=O) groups is 1. The van der Waals surface area contributed by atoms with Crippen molar-refractivity contribution < 1.29 is 9.21 Å². The normalized spacial score (nSPS) is 14.5. The lowest BCUT2D eigenvalue weighted by Gasteiger charge is -2.34. The van der Waals surface area contributed by atoms with Crippen LogP contribution in [0.25, 0.3) is 21.5 Å². The molecule has 146 valence electrons. The van der Waals surface area contributed by atoms with Crippen molar-refractivity contribution in [3.05, 3.63) is 66.2 Å². The second-order valence-corrected chi connectivity index (χ2v) is 8.10. The summed E-state index contributed by atoms with van der Waals surface area (Å²) in [5.74, 6) is 0.461. The molecule has 2 aromatic heterocycles. The average molecular weight is 404 g/mol. The minimum atomic E-state index is -0.0825. The van der Waals surface area contributed by atoms with Crippen molar-refractivity contribution in [1.29, 1.82) is 0 Å². The molecular weight excluding hydrogens is 384 g/mol. The zero-order valence-electron chi connectivity index (χ0n) is 16.0. The first-order valence-corrected chi connectivity index (χ1v) is 10.4. The summed E-state index contributed by atoms with van der Waals surface area (Å²) in [4.78, 5) is 26.2. The van der Waals surface area contributed by atoms with E-state index in [1.165, 1.54) is 11.1 Å². The van der Waals surface area contributed by atoms with Crippen molar-refractivity contribution in [2.24, 2.45) is 0 Å². The highest BCUT2D eigenvalue weighted by Crippen LogP contribution is 2.30. The highest BCUT2D eigenvalue weighted by Gasteiger charge is 2.28. The first kappa shape index (κ1) is 17.9. The van der Waals surface area contributed by atoms with Crippen molar-refractivity contribution in [2.45, 2.75) is 6.92 Å². The molecule has 4 aromatic rings. The van der Waals surface area contributed by atoms with Crippen LogP contribution >= 0.6 is 11.3 Å².